The molecule has 0 spiro atoms. The lowest BCUT2D eigenvalue weighted by Crippen LogP contribution is -2.54. The van der Waals surface area contributed by atoms with Gasteiger partial charge in [-0.05, 0) is 18.4 Å². The van der Waals surface area contributed by atoms with Crippen molar-refractivity contribution in [1.82, 2.24) is 14.9 Å². The van der Waals surface area contributed by atoms with Gasteiger partial charge in [-0.15, -0.1) is 0 Å². The van der Waals surface area contributed by atoms with Crippen molar-refractivity contribution in [3.63, 3.8) is 0 Å². The fourth-order valence-corrected chi connectivity index (χ4v) is 3.10. The fourth-order valence-electron chi connectivity index (χ4n) is 3.10. The van der Waals surface area contributed by atoms with Crippen LogP contribution in [-0.4, -0.2) is 53.6 Å². The third-order valence-electron chi connectivity index (χ3n) is 4.26. The van der Waals surface area contributed by atoms with Gasteiger partial charge in [-0.3, -0.25) is 4.90 Å². The maximum absolute atomic E-state index is 6.00. The molecule has 0 aromatic carbocycles. The smallest absolute Gasteiger partial charge is 0.225 e. The average Bonchev–Trinajstić information content (AvgIpc) is 2.50. The zero-order valence-electron chi connectivity index (χ0n) is 12.7. The van der Waals surface area contributed by atoms with E-state index in [4.69, 9.17) is 5.73 Å². The predicted octanol–water partition coefficient (Wildman–Crippen LogP) is 1.36. The number of hydrogen-bond acceptors (Lipinski definition) is 5. The van der Waals surface area contributed by atoms with Crippen molar-refractivity contribution >= 4 is 5.95 Å². The van der Waals surface area contributed by atoms with Crippen molar-refractivity contribution in [1.29, 1.82) is 0 Å². The minimum absolute atomic E-state index is 0.508. The first kappa shape index (κ1) is 15.2. The lowest BCUT2D eigenvalue weighted by molar-refractivity contribution is 0.139. The highest BCUT2D eigenvalue weighted by Gasteiger charge is 2.27. The molecule has 1 aliphatic rings. The van der Waals surface area contributed by atoms with Crippen LogP contribution in [0.3, 0.4) is 0 Å². The van der Waals surface area contributed by atoms with Gasteiger partial charge in [0.1, 0.15) is 0 Å². The average molecular weight is 277 g/mol. The Kier molecular flexibility index (Phi) is 5.73. The molecule has 1 aromatic rings. The lowest BCUT2D eigenvalue weighted by atomic mass is 9.95. The number of hydrogen-bond donors (Lipinski definition) is 1. The summed E-state index contributed by atoms with van der Waals surface area (Å²) < 4.78 is 0. The number of anilines is 1. The third-order valence-corrected chi connectivity index (χ3v) is 4.26. The molecular formula is C15H27N5. The number of aromatic nitrogens is 2. The topological polar surface area (TPSA) is 58.3 Å². The van der Waals surface area contributed by atoms with E-state index in [1.165, 1.54) is 12.8 Å². The van der Waals surface area contributed by atoms with E-state index in [0.717, 1.165) is 38.7 Å². The Morgan fingerprint density at radius 1 is 1.20 bits per heavy atom. The Morgan fingerprint density at radius 3 is 2.40 bits per heavy atom. The molecular weight excluding hydrogens is 250 g/mol. The molecule has 1 saturated heterocycles. The highest BCUT2D eigenvalue weighted by Crippen LogP contribution is 2.19. The molecule has 0 saturated carbocycles. The van der Waals surface area contributed by atoms with Crippen LogP contribution in [0, 0.1) is 5.92 Å². The van der Waals surface area contributed by atoms with Gasteiger partial charge in [-0.1, -0.05) is 20.3 Å². The molecule has 112 valence electrons. The van der Waals surface area contributed by atoms with E-state index in [1.54, 1.807) is 12.4 Å². The van der Waals surface area contributed by atoms with Crippen molar-refractivity contribution in [2.24, 2.45) is 11.7 Å². The first-order chi connectivity index (χ1) is 9.76. The minimum Gasteiger partial charge on any atom is -0.338 e. The van der Waals surface area contributed by atoms with Gasteiger partial charge < -0.3 is 10.6 Å². The Morgan fingerprint density at radius 2 is 1.85 bits per heavy atom. The molecule has 5 heteroatoms. The maximum Gasteiger partial charge on any atom is 0.225 e. The van der Waals surface area contributed by atoms with Gasteiger partial charge in [0.05, 0.1) is 0 Å². The summed E-state index contributed by atoms with van der Waals surface area (Å²) in [4.78, 5) is 13.5. The molecule has 0 aliphatic carbocycles. The van der Waals surface area contributed by atoms with E-state index in [0.29, 0.717) is 12.0 Å². The Balaban J connectivity index is 1.90. The van der Waals surface area contributed by atoms with Crippen LogP contribution in [0.15, 0.2) is 18.5 Å². The highest BCUT2D eigenvalue weighted by atomic mass is 15.3. The predicted molar refractivity (Wildman–Crippen MR) is 82.7 cm³/mol. The Hall–Kier alpha value is -1.20. The number of nitrogens with two attached hydrogens (primary N) is 1. The van der Waals surface area contributed by atoms with Crippen LogP contribution in [0.25, 0.3) is 0 Å². The standard InChI is InChI=1S/C15H27N5/c1-3-5-13(2)14(12-16)19-8-10-20(11-9-19)15-17-6-4-7-18-15/h4,6-7,13-14H,3,5,8-12,16H2,1-2H3. The molecule has 2 unspecified atom stereocenters. The Labute approximate surface area is 122 Å². The molecule has 2 N–H and O–H groups in total. The summed E-state index contributed by atoms with van der Waals surface area (Å²) in [6.07, 6.45) is 6.10. The second-order valence-corrected chi connectivity index (χ2v) is 5.64. The van der Waals surface area contributed by atoms with Crippen molar-refractivity contribution < 1.29 is 0 Å². The van der Waals surface area contributed by atoms with E-state index in [9.17, 15) is 0 Å². The van der Waals surface area contributed by atoms with Crippen molar-refractivity contribution in [3.8, 4) is 0 Å². The van der Waals surface area contributed by atoms with E-state index in [-0.39, 0.29) is 0 Å². The second kappa shape index (κ2) is 7.55. The molecule has 1 fully saturated rings. The normalized spacial score (nSPS) is 19.9. The Bertz CT molecular complexity index is 375. The van der Waals surface area contributed by atoms with Crippen LogP contribution in [-0.2, 0) is 0 Å². The van der Waals surface area contributed by atoms with Crippen molar-refractivity contribution in [3.05, 3.63) is 18.5 Å². The monoisotopic (exact) mass is 277 g/mol. The molecule has 0 amide bonds. The highest BCUT2D eigenvalue weighted by molar-refractivity contribution is 5.29. The van der Waals surface area contributed by atoms with Gasteiger partial charge >= 0.3 is 0 Å². The number of piperazine rings is 1. The zero-order valence-corrected chi connectivity index (χ0v) is 12.7. The van der Waals surface area contributed by atoms with Crippen LogP contribution >= 0.6 is 0 Å². The third kappa shape index (κ3) is 3.67. The van der Waals surface area contributed by atoms with Crippen LogP contribution in [0.4, 0.5) is 5.95 Å². The molecule has 2 rings (SSSR count). The quantitative estimate of drug-likeness (QED) is 0.851. The molecule has 0 bridgehead atoms. The van der Waals surface area contributed by atoms with Gasteiger partial charge in [-0.25, -0.2) is 9.97 Å². The summed E-state index contributed by atoms with van der Waals surface area (Å²) in [5.41, 5.74) is 6.00. The summed E-state index contributed by atoms with van der Waals surface area (Å²) in [7, 11) is 0. The van der Waals surface area contributed by atoms with Crippen molar-refractivity contribution in [2.75, 3.05) is 37.6 Å². The van der Waals surface area contributed by atoms with Gasteiger partial charge in [0, 0.05) is 51.2 Å². The van der Waals surface area contributed by atoms with Gasteiger partial charge in [0.15, 0.2) is 0 Å². The summed E-state index contributed by atoms with van der Waals surface area (Å²) >= 11 is 0. The van der Waals surface area contributed by atoms with E-state index >= 15 is 0 Å². The molecule has 2 atom stereocenters. The van der Waals surface area contributed by atoms with Crippen LogP contribution in [0.2, 0.25) is 0 Å². The van der Waals surface area contributed by atoms with Crippen LogP contribution < -0.4 is 10.6 Å². The van der Waals surface area contributed by atoms with Gasteiger partial charge in [0.25, 0.3) is 0 Å². The van der Waals surface area contributed by atoms with Crippen molar-refractivity contribution in [2.45, 2.75) is 32.7 Å². The maximum atomic E-state index is 6.00. The molecule has 5 nitrogen and oxygen atoms in total. The molecule has 0 radical (unpaired) electrons. The molecule has 1 aliphatic heterocycles. The molecule has 20 heavy (non-hydrogen) atoms. The summed E-state index contributed by atoms with van der Waals surface area (Å²) in [5.74, 6) is 1.52. The number of nitrogens with zero attached hydrogens (tertiary/aromatic N) is 4. The van der Waals surface area contributed by atoms with Gasteiger partial charge in [0.2, 0.25) is 5.95 Å². The zero-order chi connectivity index (χ0) is 14.4. The SMILES string of the molecule is CCCC(C)C(CN)N1CCN(c2ncccn2)CC1. The molecule has 2 heterocycles. The summed E-state index contributed by atoms with van der Waals surface area (Å²) in [6, 6.07) is 2.37. The van der Waals surface area contributed by atoms with Crippen LogP contribution in [0.1, 0.15) is 26.7 Å². The van der Waals surface area contributed by atoms with E-state index in [1.807, 2.05) is 6.07 Å². The summed E-state index contributed by atoms with van der Waals surface area (Å²) in [6.45, 7) is 9.40. The fraction of sp³-hybridized carbons (Fsp3) is 0.733. The number of rotatable bonds is 6. The largest absolute Gasteiger partial charge is 0.338 e. The molecule has 1 aromatic heterocycles. The van der Waals surface area contributed by atoms with E-state index in [2.05, 4.69) is 33.6 Å². The lowest BCUT2D eigenvalue weighted by Gasteiger charge is -2.41. The second-order valence-electron chi connectivity index (χ2n) is 5.64. The summed E-state index contributed by atoms with van der Waals surface area (Å²) in [5, 5.41) is 0. The van der Waals surface area contributed by atoms with E-state index < -0.39 is 0 Å². The minimum atomic E-state index is 0.508. The first-order valence-corrected chi connectivity index (χ1v) is 7.72. The van der Waals surface area contributed by atoms with Crippen LogP contribution in [0.5, 0.6) is 0 Å². The first-order valence-electron chi connectivity index (χ1n) is 7.72. The van der Waals surface area contributed by atoms with Gasteiger partial charge in [-0.2, -0.15) is 0 Å².